The lowest BCUT2D eigenvalue weighted by Gasteiger charge is -2.16. The van der Waals surface area contributed by atoms with Crippen molar-refractivity contribution < 1.29 is 9.59 Å². The average Bonchev–Trinajstić information content (AvgIpc) is 3.15. The highest BCUT2D eigenvalue weighted by atomic mass is 16.2. The highest BCUT2D eigenvalue weighted by molar-refractivity contribution is 5.87. The van der Waals surface area contributed by atoms with E-state index in [1.165, 1.54) is 11.9 Å². The number of rotatable bonds is 8. The first-order valence-electron chi connectivity index (χ1n) is 8.19. The van der Waals surface area contributed by atoms with Crippen LogP contribution in [0.25, 0.3) is 0 Å². The van der Waals surface area contributed by atoms with Crippen LogP contribution in [0.4, 0.5) is 0 Å². The van der Waals surface area contributed by atoms with Gasteiger partial charge in [0.2, 0.25) is 11.8 Å². The SMILES string of the molecule is CCC(CNC(=O)CNC(=O)C(C)c1cnc[nH]1)c1ccccc1. The normalized spacial score (nSPS) is 13.1. The highest BCUT2D eigenvalue weighted by Crippen LogP contribution is 2.17. The number of carbonyl (C=O) groups excluding carboxylic acids is 2. The number of hydrogen-bond acceptors (Lipinski definition) is 3. The Kier molecular flexibility index (Phi) is 6.54. The number of hydrogen-bond donors (Lipinski definition) is 3. The predicted molar refractivity (Wildman–Crippen MR) is 92.5 cm³/mol. The van der Waals surface area contributed by atoms with Gasteiger partial charge >= 0.3 is 0 Å². The zero-order valence-electron chi connectivity index (χ0n) is 14.1. The molecule has 1 aromatic carbocycles. The Bertz CT molecular complexity index is 640. The molecule has 0 fully saturated rings. The molecular weight excluding hydrogens is 304 g/mol. The molecule has 2 rings (SSSR count). The Hall–Kier alpha value is -2.63. The topological polar surface area (TPSA) is 86.9 Å². The zero-order valence-corrected chi connectivity index (χ0v) is 14.1. The van der Waals surface area contributed by atoms with Gasteiger partial charge in [0, 0.05) is 24.4 Å². The standard InChI is InChI=1S/C18H24N4O2/c1-3-14(15-7-5-4-6-8-15)9-20-17(23)11-21-18(24)13(2)16-10-19-12-22-16/h4-8,10,12-14H,3,9,11H2,1-2H3,(H,19,22)(H,20,23)(H,21,24). The summed E-state index contributed by atoms with van der Waals surface area (Å²) in [5.41, 5.74) is 1.93. The Morgan fingerprint density at radius 1 is 1.21 bits per heavy atom. The largest absolute Gasteiger partial charge is 0.354 e. The van der Waals surface area contributed by atoms with Crippen molar-refractivity contribution in [2.75, 3.05) is 13.1 Å². The van der Waals surface area contributed by atoms with Crippen LogP contribution in [-0.2, 0) is 9.59 Å². The van der Waals surface area contributed by atoms with Crippen LogP contribution in [-0.4, -0.2) is 34.9 Å². The number of nitrogens with one attached hydrogen (secondary N) is 3. The van der Waals surface area contributed by atoms with Crippen LogP contribution in [0.5, 0.6) is 0 Å². The van der Waals surface area contributed by atoms with Crippen molar-refractivity contribution in [3.8, 4) is 0 Å². The predicted octanol–water partition coefficient (Wildman–Crippen LogP) is 1.94. The molecule has 0 aliphatic rings. The molecule has 2 atom stereocenters. The van der Waals surface area contributed by atoms with Gasteiger partial charge in [0.25, 0.3) is 0 Å². The van der Waals surface area contributed by atoms with Crippen molar-refractivity contribution in [2.45, 2.75) is 32.1 Å². The fourth-order valence-electron chi connectivity index (χ4n) is 2.49. The van der Waals surface area contributed by atoms with E-state index in [-0.39, 0.29) is 30.2 Å². The van der Waals surface area contributed by atoms with Gasteiger partial charge in [-0.3, -0.25) is 9.59 Å². The maximum atomic E-state index is 12.0. The lowest BCUT2D eigenvalue weighted by Crippen LogP contribution is -2.39. The van der Waals surface area contributed by atoms with Crippen LogP contribution in [0.15, 0.2) is 42.9 Å². The Labute approximate surface area is 142 Å². The summed E-state index contributed by atoms with van der Waals surface area (Å²) in [5.74, 6) is -0.484. The van der Waals surface area contributed by atoms with E-state index in [1.54, 1.807) is 13.1 Å². The minimum absolute atomic E-state index is 0.0253. The van der Waals surface area contributed by atoms with Crippen LogP contribution in [0.2, 0.25) is 0 Å². The lowest BCUT2D eigenvalue weighted by molar-refractivity contribution is -0.126. The van der Waals surface area contributed by atoms with E-state index in [1.807, 2.05) is 18.2 Å². The van der Waals surface area contributed by atoms with E-state index in [4.69, 9.17) is 0 Å². The van der Waals surface area contributed by atoms with Gasteiger partial charge < -0.3 is 15.6 Å². The summed E-state index contributed by atoms with van der Waals surface area (Å²) in [4.78, 5) is 30.8. The Morgan fingerprint density at radius 2 is 1.96 bits per heavy atom. The molecule has 0 aliphatic carbocycles. The molecule has 1 heterocycles. The fourth-order valence-corrected chi connectivity index (χ4v) is 2.49. The van der Waals surface area contributed by atoms with Crippen LogP contribution >= 0.6 is 0 Å². The first-order valence-corrected chi connectivity index (χ1v) is 8.19. The number of imidazole rings is 1. The summed E-state index contributed by atoms with van der Waals surface area (Å²) in [5, 5.41) is 5.54. The molecule has 0 aliphatic heterocycles. The molecule has 3 N–H and O–H groups in total. The number of aromatic amines is 1. The maximum Gasteiger partial charge on any atom is 0.239 e. The monoisotopic (exact) mass is 328 g/mol. The molecule has 2 aromatic rings. The average molecular weight is 328 g/mol. The van der Waals surface area contributed by atoms with Crippen molar-refractivity contribution in [2.24, 2.45) is 0 Å². The van der Waals surface area contributed by atoms with E-state index in [0.717, 1.165) is 12.1 Å². The molecular formula is C18H24N4O2. The molecule has 24 heavy (non-hydrogen) atoms. The van der Waals surface area contributed by atoms with Gasteiger partial charge in [0.15, 0.2) is 0 Å². The van der Waals surface area contributed by atoms with Crippen molar-refractivity contribution in [3.05, 3.63) is 54.1 Å². The zero-order chi connectivity index (χ0) is 17.4. The van der Waals surface area contributed by atoms with E-state index in [0.29, 0.717) is 6.54 Å². The van der Waals surface area contributed by atoms with E-state index in [9.17, 15) is 9.59 Å². The minimum atomic E-state index is -0.368. The molecule has 0 radical (unpaired) electrons. The van der Waals surface area contributed by atoms with Gasteiger partial charge in [-0.25, -0.2) is 4.98 Å². The number of carbonyl (C=O) groups is 2. The number of H-pyrrole nitrogens is 1. The number of nitrogens with zero attached hydrogens (tertiary/aromatic N) is 1. The van der Waals surface area contributed by atoms with Gasteiger partial charge in [-0.1, -0.05) is 37.3 Å². The Balaban J connectivity index is 1.76. The first-order chi connectivity index (χ1) is 11.6. The molecule has 128 valence electrons. The van der Waals surface area contributed by atoms with Gasteiger partial charge in [0.05, 0.1) is 18.8 Å². The maximum absolute atomic E-state index is 12.0. The first kappa shape index (κ1) is 17.7. The lowest BCUT2D eigenvalue weighted by atomic mass is 9.96. The van der Waals surface area contributed by atoms with Gasteiger partial charge in [-0.15, -0.1) is 0 Å². The van der Waals surface area contributed by atoms with E-state index in [2.05, 4.69) is 39.7 Å². The molecule has 6 heteroatoms. The second-order valence-corrected chi connectivity index (χ2v) is 5.77. The fraction of sp³-hybridized carbons (Fsp3) is 0.389. The molecule has 6 nitrogen and oxygen atoms in total. The summed E-state index contributed by atoms with van der Waals surface area (Å²) < 4.78 is 0. The van der Waals surface area contributed by atoms with Gasteiger partial charge in [-0.05, 0) is 18.9 Å². The summed E-state index contributed by atoms with van der Waals surface area (Å²) in [6.07, 6.45) is 4.07. The second kappa shape index (κ2) is 8.86. The van der Waals surface area contributed by atoms with Crippen molar-refractivity contribution >= 4 is 11.8 Å². The van der Waals surface area contributed by atoms with Crippen molar-refractivity contribution in [3.63, 3.8) is 0 Å². The third-order valence-corrected chi connectivity index (χ3v) is 4.11. The van der Waals surface area contributed by atoms with Crippen LogP contribution in [0, 0.1) is 0 Å². The molecule has 2 amide bonds. The third-order valence-electron chi connectivity index (χ3n) is 4.11. The molecule has 0 saturated carbocycles. The molecule has 0 saturated heterocycles. The van der Waals surface area contributed by atoms with Crippen LogP contribution in [0.3, 0.4) is 0 Å². The van der Waals surface area contributed by atoms with E-state index >= 15 is 0 Å². The van der Waals surface area contributed by atoms with Gasteiger partial charge in [-0.2, -0.15) is 0 Å². The van der Waals surface area contributed by atoms with Crippen LogP contribution < -0.4 is 10.6 Å². The van der Waals surface area contributed by atoms with Crippen molar-refractivity contribution in [1.29, 1.82) is 0 Å². The minimum Gasteiger partial charge on any atom is -0.354 e. The molecule has 1 aromatic heterocycles. The van der Waals surface area contributed by atoms with Crippen LogP contribution in [0.1, 0.15) is 43.4 Å². The summed E-state index contributed by atoms with van der Waals surface area (Å²) in [6, 6.07) is 10.1. The molecule has 0 bridgehead atoms. The third kappa shape index (κ3) is 4.94. The van der Waals surface area contributed by atoms with Crippen molar-refractivity contribution in [1.82, 2.24) is 20.6 Å². The quantitative estimate of drug-likeness (QED) is 0.692. The molecule has 0 spiro atoms. The number of benzene rings is 1. The summed E-state index contributed by atoms with van der Waals surface area (Å²) >= 11 is 0. The van der Waals surface area contributed by atoms with Gasteiger partial charge in [0.1, 0.15) is 0 Å². The Morgan fingerprint density at radius 3 is 2.58 bits per heavy atom. The summed E-state index contributed by atoms with van der Waals surface area (Å²) in [7, 11) is 0. The highest BCUT2D eigenvalue weighted by Gasteiger charge is 2.17. The second-order valence-electron chi connectivity index (χ2n) is 5.77. The smallest absolute Gasteiger partial charge is 0.239 e. The van der Waals surface area contributed by atoms with E-state index < -0.39 is 0 Å². The molecule has 2 unspecified atom stereocenters. The number of amides is 2. The summed E-state index contributed by atoms with van der Waals surface area (Å²) in [6.45, 7) is 4.40. The number of aromatic nitrogens is 2.